The molecule has 0 atom stereocenters. The van der Waals surface area contributed by atoms with Gasteiger partial charge >= 0.3 is 0 Å². The van der Waals surface area contributed by atoms with Crippen molar-refractivity contribution in [2.75, 3.05) is 14.2 Å². The van der Waals surface area contributed by atoms with Crippen molar-refractivity contribution in [1.82, 2.24) is 9.97 Å². The van der Waals surface area contributed by atoms with E-state index in [0.29, 0.717) is 23.6 Å². The zero-order valence-corrected chi connectivity index (χ0v) is 19.7. The molecule has 0 saturated carbocycles. The molecule has 0 aliphatic carbocycles. The molecule has 0 radical (unpaired) electrons. The smallest absolute Gasteiger partial charge is 0.223 e. The summed E-state index contributed by atoms with van der Waals surface area (Å²) in [5.41, 5.74) is 2.66. The second-order valence-electron chi connectivity index (χ2n) is 5.55. The summed E-state index contributed by atoms with van der Waals surface area (Å²) in [6.07, 6.45) is 7.29. The number of halogens is 2. The van der Waals surface area contributed by atoms with Crippen LogP contribution >= 0.6 is 31.9 Å². The van der Waals surface area contributed by atoms with Crippen LogP contribution in [0.2, 0.25) is 0 Å². The van der Waals surface area contributed by atoms with Gasteiger partial charge in [0.05, 0.1) is 19.8 Å². The Bertz CT molecular complexity index is 746. The van der Waals surface area contributed by atoms with E-state index in [4.69, 9.17) is 9.47 Å². The van der Waals surface area contributed by atoms with Crippen molar-refractivity contribution in [3.63, 3.8) is 0 Å². The molecular weight excluding hydrogens is 476 g/mol. The van der Waals surface area contributed by atoms with Crippen molar-refractivity contribution in [2.45, 2.75) is 34.1 Å². The summed E-state index contributed by atoms with van der Waals surface area (Å²) in [6.45, 7) is 8.33. The van der Waals surface area contributed by atoms with Gasteiger partial charge in [0.25, 0.3) is 0 Å². The molecule has 0 spiro atoms. The number of hydrogen-bond donors (Lipinski definition) is 0. The second-order valence-corrected chi connectivity index (χ2v) is 7.38. The zero-order chi connectivity index (χ0) is 20.8. The van der Waals surface area contributed by atoms with E-state index in [-0.39, 0.29) is 0 Å². The highest BCUT2D eigenvalue weighted by molar-refractivity contribution is 9.10. The summed E-state index contributed by atoms with van der Waals surface area (Å²) in [6, 6.07) is 3.64. The van der Waals surface area contributed by atoms with E-state index < -0.39 is 0 Å². The van der Waals surface area contributed by atoms with Crippen LogP contribution in [0.5, 0.6) is 11.8 Å². The fraction of sp³-hybridized carbons (Fsp3) is 0.350. The van der Waals surface area contributed by atoms with Gasteiger partial charge in [-0.15, -0.1) is 0 Å². The number of methoxy groups -OCH3 is 2. The summed E-state index contributed by atoms with van der Waals surface area (Å²) >= 11 is 6.56. The van der Waals surface area contributed by atoms with Gasteiger partial charge in [-0.3, -0.25) is 4.79 Å². The molecule has 2 rings (SSSR count). The molecule has 5 nitrogen and oxygen atoms in total. The lowest BCUT2D eigenvalue weighted by Gasteiger charge is -2.03. The van der Waals surface area contributed by atoms with Crippen LogP contribution in [0.4, 0.5) is 0 Å². The van der Waals surface area contributed by atoms with Crippen LogP contribution < -0.4 is 9.47 Å². The van der Waals surface area contributed by atoms with Crippen molar-refractivity contribution in [2.24, 2.45) is 0 Å². The Morgan fingerprint density at radius 3 is 1.74 bits per heavy atom. The highest BCUT2D eigenvalue weighted by atomic mass is 79.9. The molecule has 2 heterocycles. The fourth-order valence-corrected chi connectivity index (χ4v) is 2.42. The normalized spacial score (nSPS) is 9.04. The minimum Gasteiger partial charge on any atom is -0.481 e. The number of ether oxygens (including phenoxy) is 2. The van der Waals surface area contributed by atoms with Gasteiger partial charge in [0.15, 0.2) is 6.29 Å². The number of hydrogen-bond acceptors (Lipinski definition) is 5. The van der Waals surface area contributed by atoms with E-state index in [1.54, 1.807) is 25.6 Å². The Labute approximate surface area is 178 Å². The molecule has 0 aliphatic rings. The van der Waals surface area contributed by atoms with Crippen molar-refractivity contribution in [3.05, 3.63) is 50.2 Å². The van der Waals surface area contributed by atoms with E-state index >= 15 is 0 Å². The summed E-state index contributed by atoms with van der Waals surface area (Å²) in [5, 5.41) is 0. The maximum Gasteiger partial charge on any atom is 0.223 e. The largest absolute Gasteiger partial charge is 0.481 e. The van der Waals surface area contributed by atoms with Gasteiger partial charge in [0.2, 0.25) is 11.8 Å². The quantitative estimate of drug-likeness (QED) is 0.456. The first-order valence-electron chi connectivity index (χ1n) is 8.31. The molecule has 27 heavy (non-hydrogen) atoms. The van der Waals surface area contributed by atoms with Gasteiger partial charge < -0.3 is 9.47 Å². The third-order valence-electron chi connectivity index (χ3n) is 2.65. The van der Waals surface area contributed by atoms with Gasteiger partial charge in [-0.05, 0) is 57.8 Å². The lowest BCUT2D eigenvalue weighted by atomic mass is 10.2. The Kier molecular flexibility index (Phi) is 13.4. The molecule has 0 aromatic carbocycles. The summed E-state index contributed by atoms with van der Waals surface area (Å²) in [5.74, 6) is 1.01. The Hall–Kier alpha value is -1.73. The first-order valence-corrected chi connectivity index (χ1v) is 9.90. The number of aromatic nitrogens is 2. The number of allylic oxidation sites excluding steroid dienone is 1. The third kappa shape index (κ3) is 10.2. The van der Waals surface area contributed by atoms with Gasteiger partial charge in [0, 0.05) is 26.9 Å². The Morgan fingerprint density at radius 1 is 0.963 bits per heavy atom. The highest BCUT2D eigenvalue weighted by Crippen LogP contribution is 2.22. The molecule has 0 saturated heterocycles. The van der Waals surface area contributed by atoms with E-state index in [1.807, 2.05) is 26.0 Å². The molecule has 0 aliphatic heterocycles. The number of carbonyl (C=O) groups excluding carboxylic acids is 1. The summed E-state index contributed by atoms with van der Waals surface area (Å²) in [7, 11) is 3.10. The number of pyridine rings is 2. The Balaban J connectivity index is 0.000000442. The minimum absolute atomic E-state index is 0.350. The predicted octanol–water partition coefficient (Wildman–Crippen LogP) is 6.36. The molecule has 148 valence electrons. The monoisotopic (exact) mass is 500 g/mol. The highest BCUT2D eigenvalue weighted by Gasteiger charge is 2.02. The second kappa shape index (κ2) is 14.3. The zero-order valence-electron chi connectivity index (χ0n) is 16.5. The van der Waals surface area contributed by atoms with Crippen molar-refractivity contribution < 1.29 is 14.3 Å². The number of aldehydes is 1. The number of carbonyl (C=O) groups is 1. The first kappa shape index (κ1) is 25.3. The summed E-state index contributed by atoms with van der Waals surface area (Å²) in [4.78, 5) is 18.4. The lowest BCUT2D eigenvalue weighted by Crippen LogP contribution is -1.92. The van der Waals surface area contributed by atoms with Crippen LogP contribution in [0.25, 0.3) is 6.08 Å². The van der Waals surface area contributed by atoms with Crippen LogP contribution in [-0.4, -0.2) is 30.5 Å². The number of rotatable bonds is 4. The van der Waals surface area contributed by atoms with Gasteiger partial charge in [0.1, 0.15) is 0 Å². The first-order chi connectivity index (χ1) is 12.8. The van der Waals surface area contributed by atoms with Crippen LogP contribution in [0, 0.1) is 0 Å². The van der Waals surface area contributed by atoms with Gasteiger partial charge in [-0.1, -0.05) is 31.9 Å². The fourth-order valence-electron chi connectivity index (χ4n) is 1.72. The SMILES string of the molecule is CCC.COc1ncc(Br)cc1C=C(C)C.COc1ncc(Br)cc1C=O. The molecule has 0 N–H and O–H groups in total. The van der Waals surface area contributed by atoms with Crippen molar-refractivity contribution >= 4 is 44.2 Å². The van der Waals surface area contributed by atoms with Crippen molar-refractivity contribution in [1.29, 1.82) is 0 Å². The maximum atomic E-state index is 10.4. The van der Waals surface area contributed by atoms with E-state index in [0.717, 1.165) is 14.5 Å². The third-order valence-corrected chi connectivity index (χ3v) is 3.52. The molecular formula is C20H26Br2N2O3. The maximum absolute atomic E-state index is 10.4. The lowest BCUT2D eigenvalue weighted by molar-refractivity contribution is 0.112. The standard InChI is InChI=1S/C10H12BrNO.C7H6BrNO2.C3H8/c1-7(2)4-8-5-9(11)6-12-10(8)13-3;1-11-7-5(4-10)2-6(8)3-9-7;1-3-2/h4-6H,1-3H3;2-4H,1H3;3H2,1-2H3. The van der Waals surface area contributed by atoms with Crippen LogP contribution in [0.3, 0.4) is 0 Å². The molecule has 0 amide bonds. The average Bonchev–Trinajstić information content (AvgIpc) is 2.62. The average molecular weight is 502 g/mol. The molecule has 0 fully saturated rings. The van der Waals surface area contributed by atoms with Crippen LogP contribution in [0.15, 0.2) is 39.0 Å². The summed E-state index contributed by atoms with van der Waals surface area (Å²) < 4.78 is 11.7. The van der Waals surface area contributed by atoms with Gasteiger partial charge in [-0.25, -0.2) is 9.97 Å². The minimum atomic E-state index is 0.350. The number of nitrogens with zero attached hydrogens (tertiary/aromatic N) is 2. The molecule has 2 aromatic rings. The van der Waals surface area contributed by atoms with E-state index in [9.17, 15) is 4.79 Å². The van der Waals surface area contributed by atoms with Crippen LogP contribution in [-0.2, 0) is 0 Å². The van der Waals surface area contributed by atoms with E-state index in [1.165, 1.54) is 19.1 Å². The van der Waals surface area contributed by atoms with Crippen LogP contribution in [0.1, 0.15) is 50.0 Å². The molecule has 0 bridgehead atoms. The predicted molar refractivity (Wildman–Crippen MR) is 118 cm³/mol. The van der Waals surface area contributed by atoms with Gasteiger partial charge in [-0.2, -0.15) is 0 Å². The van der Waals surface area contributed by atoms with E-state index in [2.05, 4.69) is 55.7 Å². The van der Waals surface area contributed by atoms with Crippen molar-refractivity contribution in [3.8, 4) is 11.8 Å². The molecule has 2 aromatic heterocycles. The molecule has 0 unspecified atom stereocenters. The topological polar surface area (TPSA) is 61.3 Å². The molecule has 7 heteroatoms. The Morgan fingerprint density at radius 2 is 1.37 bits per heavy atom.